The van der Waals surface area contributed by atoms with Gasteiger partial charge in [-0.2, -0.15) is 0 Å². The lowest BCUT2D eigenvalue weighted by atomic mass is 10.3. The second-order valence-electron chi connectivity index (χ2n) is 4.42. The fourth-order valence-electron chi connectivity index (χ4n) is 1.58. The van der Waals surface area contributed by atoms with Crippen molar-refractivity contribution < 1.29 is 8.42 Å². The first kappa shape index (κ1) is 14.3. The van der Waals surface area contributed by atoms with Gasteiger partial charge in [-0.05, 0) is 30.3 Å². The number of sulfonamides is 1. The molecule has 1 heterocycles. The molecule has 0 atom stereocenters. The lowest BCUT2D eigenvalue weighted by Gasteiger charge is -2.11. The highest BCUT2D eigenvalue weighted by Crippen LogP contribution is 2.19. The highest BCUT2D eigenvalue weighted by Gasteiger charge is 2.17. The Bertz CT molecular complexity index is 697. The summed E-state index contributed by atoms with van der Waals surface area (Å²) in [6, 6.07) is 10.3. The smallest absolute Gasteiger partial charge is 0.244 e. The number of benzene rings is 1. The Balaban J connectivity index is 2.21. The monoisotopic (exact) mass is 292 g/mol. The number of pyridine rings is 1. The van der Waals surface area contributed by atoms with E-state index in [2.05, 4.69) is 10.3 Å². The standard InChI is InChI=1S/C13H16N4O2S/c1-17(2)20(18,19)12-6-7-13(15-9-12)16-11-5-3-4-10(14)8-11/h3-9H,14H2,1-2H3,(H,15,16). The van der Waals surface area contributed by atoms with Gasteiger partial charge >= 0.3 is 0 Å². The minimum absolute atomic E-state index is 0.153. The molecule has 1 aromatic heterocycles. The summed E-state index contributed by atoms with van der Waals surface area (Å²) in [5, 5.41) is 3.05. The third-order valence-corrected chi connectivity index (χ3v) is 4.47. The molecule has 0 radical (unpaired) electrons. The van der Waals surface area contributed by atoms with Crippen LogP contribution >= 0.6 is 0 Å². The summed E-state index contributed by atoms with van der Waals surface area (Å²) in [6.45, 7) is 0. The lowest BCUT2D eigenvalue weighted by molar-refractivity contribution is 0.520. The molecule has 2 rings (SSSR count). The fraction of sp³-hybridized carbons (Fsp3) is 0.154. The first-order valence-corrected chi connectivity index (χ1v) is 7.35. The number of nitrogens with zero attached hydrogens (tertiary/aromatic N) is 2. The van der Waals surface area contributed by atoms with Crippen LogP contribution in [0.2, 0.25) is 0 Å². The summed E-state index contributed by atoms with van der Waals surface area (Å²) in [6.07, 6.45) is 1.32. The van der Waals surface area contributed by atoms with Crippen molar-refractivity contribution in [1.29, 1.82) is 0 Å². The van der Waals surface area contributed by atoms with E-state index in [-0.39, 0.29) is 4.90 Å². The van der Waals surface area contributed by atoms with Crippen LogP contribution in [-0.2, 0) is 10.0 Å². The van der Waals surface area contributed by atoms with Gasteiger partial charge in [-0.25, -0.2) is 17.7 Å². The Hall–Kier alpha value is -2.12. The molecule has 2 aromatic rings. The number of hydrogen-bond donors (Lipinski definition) is 2. The number of nitrogens with one attached hydrogen (secondary N) is 1. The molecule has 0 amide bonds. The molecule has 1 aromatic carbocycles. The van der Waals surface area contributed by atoms with Crippen LogP contribution in [0.15, 0.2) is 47.5 Å². The van der Waals surface area contributed by atoms with Gasteiger partial charge in [0.2, 0.25) is 10.0 Å². The Morgan fingerprint density at radius 2 is 1.95 bits per heavy atom. The normalized spacial score (nSPS) is 11.6. The molecule has 6 nitrogen and oxygen atoms in total. The maximum atomic E-state index is 11.9. The first-order valence-electron chi connectivity index (χ1n) is 5.91. The highest BCUT2D eigenvalue weighted by molar-refractivity contribution is 7.89. The van der Waals surface area contributed by atoms with Crippen molar-refractivity contribution in [3.05, 3.63) is 42.6 Å². The molecule has 0 saturated heterocycles. The summed E-state index contributed by atoms with van der Waals surface area (Å²) in [5.41, 5.74) is 7.11. The van der Waals surface area contributed by atoms with Gasteiger partial charge in [0, 0.05) is 31.7 Å². The molecule has 0 unspecified atom stereocenters. The number of nitrogens with two attached hydrogens (primary N) is 1. The molecule has 0 saturated carbocycles. The lowest BCUT2D eigenvalue weighted by Crippen LogP contribution is -2.22. The van der Waals surface area contributed by atoms with Crippen molar-refractivity contribution in [2.45, 2.75) is 4.90 Å². The van der Waals surface area contributed by atoms with Crippen LogP contribution in [0.4, 0.5) is 17.2 Å². The van der Waals surface area contributed by atoms with E-state index in [0.29, 0.717) is 11.5 Å². The average Bonchev–Trinajstić information content (AvgIpc) is 2.39. The second-order valence-corrected chi connectivity index (χ2v) is 6.57. The van der Waals surface area contributed by atoms with Gasteiger partial charge in [0.25, 0.3) is 0 Å². The maximum absolute atomic E-state index is 11.9. The van der Waals surface area contributed by atoms with Gasteiger partial charge in [-0.15, -0.1) is 0 Å². The summed E-state index contributed by atoms with van der Waals surface area (Å²) >= 11 is 0. The van der Waals surface area contributed by atoms with Crippen molar-refractivity contribution in [3.63, 3.8) is 0 Å². The fourth-order valence-corrected chi connectivity index (χ4v) is 2.43. The molecule has 0 aliphatic carbocycles. The van der Waals surface area contributed by atoms with Crippen molar-refractivity contribution in [3.8, 4) is 0 Å². The predicted molar refractivity (Wildman–Crippen MR) is 79.2 cm³/mol. The average molecular weight is 292 g/mol. The van der Waals surface area contributed by atoms with Gasteiger partial charge in [-0.3, -0.25) is 0 Å². The first-order chi connectivity index (χ1) is 9.39. The van der Waals surface area contributed by atoms with Gasteiger partial charge in [0.15, 0.2) is 0 Å². The topological polar surface area (TPSA) is 88.3 Å². The number of hydrogen-bond acceptors (Lipinski definition) is 5. The molecular formula is C13H16N4O2S. The third kappa shape index (κ3) is 3.06. The predicted octanol–water partition coefficient (Wildman–Crippen LogP) is 1.66. The molecule has 20 heavy (non-hydrogen) atoms. The molecule has 3 N–H and O–H groups in total. The van der Waals surface area contributed by atoms with E-state index >= 15 is 0 Å². The molecule has 7 heteroatoms. The largest absolute Gasteiger partial charge is 0.399 e. The Morgan fingerprint density at radius 1 is 1.20 bits per heavy atom. The molecule has 106 valence electrons. The van der Waals surface area contributed by atoms with Gasteiger partial charge in [0.05, 0.1) is 0 Å². The number of rotatable bonds is 4. The van der Waals surface area contributed by atoms with Crippen LogP contribution in [-0.4, -0.2) is 31.8 Å². The zero-order chi connectivity index (χ0) is 14.8. The summed E-state index contributed by atoms with van der Waals surface area (Å²) in [7, 11) is -0.489. The summed E-state index contributed by atoms with van der Waals surface area (Å²) < 4.78 is 24.9. The molecule has 0 fully saturated rings. The van der Waals surface area contributed by atoms with E-state index in [1.165, 1.54) is 26.4 Å². The molecule has 0 spiro atoms. The van der Waals surface area contributed by atoms with E-state index < -0.39 is 10.0 Å². The van der Waals surface area contributed by atoms with Crippen LogP contribution in [0.1, 0.15) is 0 Å². The third-order valence-electron chi connectivity index (χ3n) is 2.67. The van der Waals surface area contributed by atoms with Crippen LogP contribution in [0.3, 0.4) is 0 Å². The van der Waals surface area contributed by atoms with Crippen molar-refractivity contribution >= 4 is 27.2 Å². The maximum Gasteiger partial charge on any atom is 0.244 e. The Kier molecular flexibility index (Phi) is 3.91. The van der Waals surface area contributed by atoms with Gasteiger partial charge in [-0.1, -0.05) is 6.07 Å². The van der Waals surface area contributed by atoms with Crippen LogP contribution in [0.5, 0.6) is 0 Å². The minimum atomic E-state index is -3.45. The minimum Gasteiger partial charge on any atom is -0.399 e. The zero-order valence-corrected chi connectivity index (χ0v) is 12.1. The second kappa shape index (κ2) is 5.48. The molecule has 0 aliphatic heterocycles. The van der Waals surface area contributed by atoms with E-state index in [0.717, 1.165) is 9.99 Å². The van der Waals surface area contributed by atoms with E-state index in [4.69, 9.17) is 5.73 Å². The Morgan fingerprint density at radius 3 is 2.50 bits per heavy atom. The summed E-state index contributed by atoms with van der Waals surface area (Å²) in [5.74, 6) is 0.549. The molecule has 0 aliphatic rings. The van der Waals surface area contributed by atoms with E-state index in [1.807, 2.05) is 12.1 Å². The van der Waals surface area contributed by atoms with Crippen molar-refractivity contribution in [1.82, 2.24) is 9.29 Å². The molecular weight excluding hydrogens is 276 g/mol. The zero-order valence-electron chi connectivity index (χ0n) is 11.2. The van der Waals surface area contributed by atoms with Crippen LogP contribution < -0.4 is 11.1 Å². The Labute approximate surface area is 118 Å². The van der Waals surface area contributed by atoms with E-state index in [1.54, 1.807) is 18.2 Å². The molecule has 0 bridgehead atoms. The SMILES string of the molecule is CN(C)S(=O)(=O)c1ccc(Nc2cccc(N)c2)nc1. The van der Waals surface area contributed by atoms with Crippen LogP contribution in [0, 0.1) is 0 Å². The summed E-state index contributed by atoms with van der Waals surface area (Å²) in [4.78, 5) is 4.25. The van der Waals surface area contributed by atoms with Crippen molar-refractivity contribution in [2.24, 2.45) is 0 Å². The number of anilines is 3. The quantitative estimate of drug-likeness (QED) is 0.837. The number of nitrogen functional groups attached to an aromatic ring is 1. The highest BCUT2D eigenvalue weighted by atomic mass is 32.2. The van der Waals surface area contributed by atoms with E-state index in [9.17, 15) is 8.42 Å². The van der Waals surface area contributed by atoms with Gasteiger partial charge < -0.3 is 11.1 Å². The van der Waals surface area contributed by atoms with Crippen molar-refractivity contribution in [2.75, 3.05) is 25.1 Å². The number of aromatic nitrogens is 1. The van der Waals surface area contributed by atoms with Gasteiger partial charge in [0.1, 0.15) is 10.7 Å². The van der Waals surface area contributed by atoms with Crippen LogP contribution in [0.25, 0.3) is 0 Å².